The molecule has 148 valence electrons. The average molecular weight is 437 g/mol. The molecule has 0 unspecified atom stereocenters. The van der Waals surface area contributed by atoms with E-state index in [0.29, 0.717) is 26.4 Å². The summed E-state index contributed by atoms with van der Waals surface area (Å²) in [7, 11) is 0. The van der Waals surface area contributed by atoms with Crippen molar-refractivity contribution >= 4 is 46.2 Å². The van der Waals surface area contributed by atoms with Crippen LogP contribution in [0, 0.1) is 10.1 Å². The molecule has 1 aromatic heterocycles. The highest BCUT2D eigenvalue weighted by molar-refractivity contribution is 7.99. The summed E-state index contributed by atoms with van der Waals surface area (Å²) < 4.78 is 1.10. The van der Waals surface area contributed by atoms with Crippen molar-refractivity contribution in [2.45, 2.75) is 9.79 Å². The molecule has 0 aliphatic heterocycles. The molecule has 0 atom stereocenters. The van der Waals surface area contributed by atoms with E-state index in [0.717, 1.165) is 9.57 Å². The van der Waals surface area contributed by atoms with Crippen LogP contribution in [-0.4, -0.2) is 20.8 Å². The molecule has 0 saturated heterocycles. The molecule has 0 amide bonds. The molecule has 0 saturated carbocycles. The predicted molar refractivity (Wildman–Crippen MR) is 118 cm³/mol. The maximum Gasteiger partial charge on any atom is 0.283 e. The summed E-state index contributed by atoms with van der Waals surface area (Å²) in [5.74, 6) is 0. The lowest BCUT2D eigenvalue weighted by Crippen LogP contribution is -2.16. The van der Waals surface area contributed by atoms with Crippen LogP contribution in [0.2, 0.25) is 5.02 Å². The van der Waals surface area contributed by atoms with Crippen molar-refractivity contribution in [3.8, 4) is 0 Å². The Kier molecular flexibility index (Phi) is 5.60. The SMILES string of the molecule is O=c1c2ccccc2ncn1/N=C/c1ccc(Sc2ccc(Cl)cc2)c([N+](=O)[O-])c1. The van der Waals surface area contributed by atoms with Crippen molar-refractivity contribution in [3.63, 3.8) is 0 Å². The Labute approximate surface area is 179 Å². The minimum atomic E-state index is -0.445. The average Bonchev–Trinajstić information content (AvgIpc) is 2.75. The summed E-state index contributed by atoms with van der Waals surface area (Å²) in [6.07, 6.45) is 2.71. The first-order chi connectivity index (χ1) is 14.5. The molecular formula is C21H13ClN4O3S. The largest absolute Gasteiger partial charge is 0.283 e. The van der Waals surface area contributed by atoms with Gasteiger partial charge in [0.05, 0.1) is 26.9 Å². The maximum atomic E-state index is 12.5. The van der Waals surface area contributed by atoms with Gasteiger partial charge in [-0.15, -0.1) is 0 Å². The van der Waals surface area contributed by atoms with E-state index in [-0.39, 0.29) is 11.2 Å². The lowest BCUT2D eigenvalue weighted by molar-refractivity contribution is -0.387. The second-order valence-corrected chi connectivity index (χ2v) is 7.75. The Morgan fingerprint density at radius 3 is 2.63 bits per heavy atom. The quantitative estimate of drug-likeness (QED) is 0.249. The fourth-order valence-corrected chi connectivity index (χ4v) is 3.77. The van der Waals surface area contributed by atoms with Gasteiger partial charge in [0.15, 0.2) is 0 Å². The van der Waals surface area contributed by atoms with Crippen LogP contribution in [0.1, 0.15) is 5.56 Å². The highest BCUT2D eigenvalue weighted by Gasteiger charge is 2.15. The molecule has 0 aliphatic carbocycles. The van der Waals surface area contributed by atoms with Gasteiger partial charge in [-0.1, -0.05) is 41.6 Å². The zero-order valence-electron chi connectivity index (χ0n) is 15.3. The summed E-state index contributed by atoms with van der Waals surface area (Å²) in [5, 5.41) is 16.7. The number of aromatic nitrogens is 2. The van der Waals surface area contributed by atoms with Gasteiger partial charge in [0.2, 0.25) is 0 Å². The summed E-state index contributed by atoms with van der Waals surface area (Å²) in [4.78, 5) is 29.1. The molecule has 0 bridgehead atoms. The van der Waals surface area contributed by atoms with Crippen LogP contribution in [0.4, 0.5) is 5.69 Å². The summed E-state index contributed by atoms with van der Waals surface area (Å²) in [5.41, 5.74) is 0.694. The molecule has 3 aromatic carbocycles. The number of nitrogens with zero attached hydrogens (tertiary/aromatic N) is 4. The zero-order chi connectivity index (χ0) is 21.1. The van der Waals surface area contributed by atoms with Crippen molar-refractivity contribution in [3.05, 3.63) is 104 Å². The van der Waals surface area contributed by atoms with Gasteiger partial charge in [-0.2, -0.15) is 9.78 Å². The highest BCUT2D eigenvalue weighted by atomic mass is 35.5. The van der Waals surface area contributed by atoms with Crippen LogP contribution in [0.25, 0.3) is 10.9 Å². The molecule has 9 heteroatoms. The minimum absolute atomic E-state index is 0.0529. The molecule has 0 radical (unpaired) electrons. The van der Waals surface area contributed by atoms with E-state index in [2.05, 4.69) is 10.1 Å². The zero-order valence-corrected chi connectivity index (χ0v) is 16.9. The Balaban J connectivity index is 1.64. The first-order valence-corrected chi connectivity index (χ1v) is 9.93. The van der Waals surface area contributed by atoms with Gasteiger partial charge in [-0.25, -0.2) is 4.98 Å². The molecule has 30 heavy (non-hydrogen) atoms. The molecular weight excluding hydrogens is 424 g/mol. The molecule has 0 N–H and O–H groups in total. The molecule has 4 rings (SSSR count). The number of rotatable bonds is 5. The van der Waals surface area contributed by atoms with Gasteiger partial charge in [0.1, 0.15) is 6.33 Å². The maximum absolute atomic E-state index is 12.5. The monoisotopic (exact) mass is 436 g/mol. The third kappa shape index (κ3) is 4.24. The summed E-state index contributed by atoms with van der Waals surface area (Å²) in [6, 6.07) is 18.8. The fraction of sp³-hybridized carbons (Fsp3) is 0. The van der Waals surface area contributed by atoms with Gasteiger partial charge in [-0.05, 0) is 42.5 Å². The number of para-hydroxylation sites is 1. The van der Waals surface area contributed by atoms with Crippen molar-refractivity contribution < 1.29 is 4.92 Å². The molecule has 4 aromatic rings. The second-order valence-electron chi connectivity index (χ2n) is 6.20. The first kappa shape index (κ1) is 19.8. The van der Waals surface area contributed by atoms with E-state index in [4.69, 9.17) is 11.6 Å². The highest BCUT2D eigenvalue weighted by Crippen LogP contribution is 2.35. The molecule has 1 heterocycles. The van der Waals surface area contributed by atoms with Crippen LogP contribution < -0.4 is 5.56 Å². The Morgan fingerprint density at radius 1 is 1.10 bits per heavy atom. The second kappa shape index (κ2) is 8.48. The number of nitro groups is 1. The van der Waals surface area contributed by atoms with Crippen molar-refractivity contribution in [1.82, 2.24) is 9.66 Å². The number of hydrogen-bond acceptors (Lipinski definition) is 6. The number of halogens is 1. The van der Waals surface area contributed by atoms with E-state index >= 15 is 0 Å². The summed E-state index contributed by atoms with van der Waals surface area (Å²) >= 11 is 7.15. The third-order valence-electron chi connectivity index (χ3n) is 4.20. The van der Waals surface area contributed by atoms with E-state index in [1.54, 1.807) is 60.7 Å². The number of benzene rings is 3. The first-order valence-electron chi connectivity index (χ1n) is 8.74. The van der Waals surface area contributed by atoms with E-state index in [1.165, 1.54) is 30.4 Å². The Bertz CT molecular complexity index is 1340. The number of fused-ring (bicyclic) bond motifs is 1. The standard InChI is InChI=1S/C21H13ClN4O3S/c22-15-6-8-16(9-7-15)30-20-10-5-14(11-19(20)26(28)29)12-24-25-13-23-18-4-2-1-3-17(18)21(25)27/h1-13H/b24-12+. The molecule has 0 fully saturated rings. The van der Waals surface area contributed by atoms with Gasteiger partial charge in [0.25, 0.3) is 11.2 Å². The normalized spacial score (nSPS) is 11.2. The van der Waals surface area contributed by atoms with Crippen LogP contribution in [-0.2, 0) is 0 Å². The predicted octanol–water partition coefficient (Wildman–Crippen LogP) is 4.99. The van der Waals surface area contributed by atoms with Crippen molar-refractivity contribution in [2.24, 2.45) is 5.10 Å². The van der Waals surface area contributed by atoms with Crippen LogP contribution >= 0.6 is 23.4 Å². The molecule has 7 nitrogen and oxygen atoms in total. The van der Waals surface area contributed by atoms with E-state index in [9.17, 15) is 14.9 Å². The fourth-order valence-electron chi connectivity index (χ4n) is 2.74. The van der Waals surface area contributed by atoms with E-state index < -0.39 is 4.92 Å². The summed E-state index contributed by atoms with van der Waals surface area (Å²) in [6.45, 7) is 0. The van der Waals surface area contributed by atoms with Crippen LogP contribution in [0.5, 0.6) is 0 Å². The van der Waals surface area contributed by atoms with Crippen LogP contribution in [0.3, 0.4) is 0 Å². The van der Waals surface area contributed by atoms with Gasteiger partial charge in [0, 0.05) is 21.5 Å². The molecule has 0 spiro atoms. The third-order valence-corrected chi connectivity index (χ3v) is 5.53. The van der Waals surface area contributed by atoms with Gasteiger partial charge >= 0.3 is 0 Å². The Morgan fingerprint density at radius 2 is 1.87 bits per heavy atom. The number of nitro benzene ring substituents is 1. The van der Waals surface area contributed by atoms with Crippen LogP contribution in [0.15, 0.2) is 92.7 Å². The van der Waals surface area contributed by atoms with Crippen molar-refractivity contribution in [2.75, 3.05) is 0 Å². The van der Waals surface area contributed by atoms with E-state index in [1.807, 2.05) is 0 Å². The minimum Gasteiger partial charge on any atom is -0.267 e. The van der Waals surface area contributed by atoms with Crippen molar-refractivity contribution in [1.29, 1.82) is 0 Å². The number of hydrogen-bond donors (Lipinski definition) is 0. The van der Waals surface area contributed by atoms with Gasteiger partial charge < -0.3 is 0 Å². The lowest BCUT2D eigenvalue weighted by atomic mass is 10.2. The Hall–Kier alpha value is -3.49. The topological polar surface area (TPSA) is 90.4 Å². The lowest BCUT2D eigenvalue weighted by Gasteiger charge is -2.05. The van der Waals surface area contributed by atoms with Gasteiger partial charge in [-0.3, -0.25) is 14.9 Å². The smallest absolute Gasteiger partial charge is 0.267 e. The molecule has 0 aliphatic rings.